The molecule has 2 heterocycles. The molecule has 0 radical (unpaired) electrons. The number of aryl methyl sites for hydroxylation is 2. The molecule has 0 saturated heterocycles. The summed E-state index contributed by atoms with van der Waals surface area (Å²) in [6, 6.07) is 10.2. The summed E-state index contributed by atoms with van der Waals surface area (Å²) in [5.74, 6) is -0.876. The van der Waals surface area contributed by atoms with Gasteiger partial charge >= 0.3 is 5.97 Å². The largest absolute Gasteiger partial charge is 0.478 e. The molecule has 0 bridgehead atoms. The highest BCUT2D eigenvalue weighted by Crippen LogP contribution is 2.33. The van der Waals surface area contributed by atoms with Gasteiger partial charge in [-0.05, 0) is 37.6 Å². The van der Waals surface area contributed by atoms with Crippen LogP contribution in [-0.4, -0.2) is 25.8 Å². The summed E-state index contributed by atoms with van der Waals surface area (Å²) in [7, 11) is 1.85. The summed E-state index contributed by atoms with van der Waals surface area (Å²) in [4.78, 5) is 15.4. The molecule has 2 aromatic heterocycles. The first kappa shape index (κ1) is 17.2. The van der Waals surface area contributed by atoms with E-state index in [1.807, 2.05) is 20.9 Å². The molecule has 7 nitrogen and oxygen atoms in total. The van der Waals surface area contributed by atoms with Gasteiger partial charge in [-0.25, -0.2) is 9.78 Å². The zero-order chi connectivity index (χ0) is 19.0. The molecule has 0 saturated carbocycles. The number of hydrogen-bond donors (Lipinski definition) is 2. The van der Waals surface area contributed by atoms with Crippen molar-refractivity contribution in [2.75, 3.05) is 5.73 Å². The number of rotatable bonds is 3. The van der Waals surface area contributed by atoms with Gasteiger partial charge in [0.05, 0.1) is 17.0 Å². The maximum absolute atomic E-state index is 11.1. The molecule has 0 aliphatic heterocycles. The normalized spacial score (nSPS) is 10.5. The van der Waals surface area contributed by atoms with Crippen molar-refractivity contribution in [2.45, 2.75) is 13.8 Å². The lowest BCUT2D eigenvalue weighted by Gasteiger charge is -2.11. The molecule has 0 unspecified atom stereocenters. The van der Waals surface area contributed by atoms with Gasteiger partial charge in [0.2, 0.25) is 0 Å². The van der Waals surface area contributed by atoms with Crippen molar-refractivity contribution in [3.8, 4) is 28.5 Å². The minimum atomic E-state index is -1.01. The monoisotopic (exact) mass is 347 g/mol. The summed E-state index contributed by atoms with van der Waals surface area (Å²) in [6.07, 6.45) is 0. The van der Waals surface area contributed by atoms with Crippen LogP contribution >= 0.6 is 0 Å². The van der Waals surface area contributed by atoms with Gasteiger partial charge in [0, 0.05) is 23.9 Å². The molecule has 0 fully saturated rings. The van der Waals surface area contributed by atoms with Crippen molar-refractivity contribution in [2.24, 2.45) is 7.05 Å². The van der Waals surface area contributed by atoms with Crippen molar-refractivity contribution < 1.29 is 9.90 Å². The first-order valence-corrected chi connectivity index (χ1v) is 7.88. The second-order valence-electron chi connectivity index (χ2n) is 5.98. The van der Waals surface area contributed by atoms with Gasteiger partial charge in [-0.3, -0.25) is 4.68 Å². The number of pyridine rings is 1. The van der Waals surface area contributed by atoms with Crippen molar-refractivity contribution >= 4 is 11.8 Å². The van der Waals surface area contributed by atoms with Crippen LogP contribution in [0.15, 0.2) is 30.3 Å². The molecule has 26 heavy (non-hydrogen) atoms. The number of nitriles is 1. The molecular weight excluding hydrogens is 330 g/mol. The van der Waals surface area contributed by atoms with Crippen molar-refractivity contribution in [3.05, 3.63) is 52.8 Å². The Labute approximate surface area is 150 Å². The van der Waals surface area contributed by atoms with E-state index >= 15 is 0 Å². The highest BCUT2D eigenvalue weighted by molar-refractivity contribution is 5.89. The predicted octanol–water partition coefficient (Wildman–Crippen LogP) is 2.92. The minimum Gasteiger partial charge on any atom is -0.478 e. The van der Waals surface area contributed by atoms with Crippen LogP contribution in [-0.2, 0) is 7.05 Å². The molecule has 3 aromatic rings. The average Bonchev–Trinajstić information content (AvgIpc) is 2.86. The number of nitrogens with two attached hydrogens (primary N) is 1. The molecule has 7 heteroatoms. The number of carboxylic acid groups (broad SMARTS) is 1. The zero-order valence-electron chi connectivity index (χ0n) is 14.6. The van der Waals surface area contributed by atoms with Crippen molar-refractivity contribution in [1.82, 2.24) is 14.8 Å². The number of nitrogen functional groups attached to an aromatic ring is 1. The second-order valence-corrected chi connectivity index (χ2v) is 5.98. The highest BCUT2D eigenvalue weighted by Gasteiger charge is 2.18. The van der Waals surface area contributed by atoms with E-state index in [9.17, 15) is 10.1 Å². The quantitative estimate of drug-likeness (QED) is 0.752. The predicted molar refractivity (Wildman–Crippen MR) is 97.4 cm³/mol. The fourth-order valence-corrected chi connectivity index (χ4v) is 2.97. The Morgan fingerprint density at radius 2 is 1.92 bits per heavy atom. The fraction of sp³-hybridized carbons (Fsp3) is 0.158. The molecule has 3 N–H and O–H groups in total. The Bertz CT molecular complexity index is 1060. The van der Waals surface area contributed by atoms with Gasteiger partial charge < -0.3 is 10.8 Å². The first-order valence-electron chi connectivity index (χ1n) is 7.88. The van der Waals surface area contributed by atoms with Crippen LogP contribution in [0.2, 0.25) is 0 Å². The van der Waals surface area contributed by atoms with Crippen LogP contribution in [0.3, 0.4) is 0 Å². The number of aromatic nitrogens is 3. The number of hydrogen-bond acceptors (Lipinski definition) is 5. The third kappa shape index (κ3) is 2.78. The number of carboxylic acids is 1. The lowest BCUT2D eigenvalue weighted by atomic mass is 9.97. The maximum atomic E-state index is 11.1. The van der Waals surface area contributed by atoms with Crippen LogP contribution in [0.1, 0.15) is 27.3 Å². The lowest BCUT2D eigenvalue weighted by Crippen LogP contribution is -2.01. The van der Waals surface area contributed by atoms with Crippen LogP contribution in [0, 0.1) is 25.2 Å². The Kier molecular flexibility index (Phi) is 4.18. The third-order valence-electron chi connectivity index (χ3n) is 4.37. The number of nitrogens with zero attached hydrogens (tertiary/aromatic N) is 4. The molecule has 0 amide bonds. The average molecular weight is 347 g/mol. The zero-order valence-corrected chi connectivity index (χ0v) is 14.6. The maximum Gasteiger partial charge on any atom is 0.335 e. The summed E-state index contributed by atoms with van der Waals surface area (Å²) in [6.45, 7) is 3.83. The van der Waals surface area contributed by atoms with Crippen LogP contribution in [0.25, 0.3) is 22.4 Å². The SMILES string of the molecule is Cc1nn(C)c(C)c1-c1cc(-c2ccc(C(=O)O)cc2)c(C#N)c(N)n1. The van der Waals surface area contributed by atoms with Crippen LogP contribution in [0.4, 0.5) is 5.82 Å². The second kappa shape index (κ2) is 6.33. The van der Waals surface area contributed by atoms with Crippen molar-refractivity contribution in [1.29, 1.82) is 5.26 Å². The summed E-state index contributed by atoms with van der Waals surface area (Å²) < 4.78 is 1.77. The Morgan fingerprint density at radius 1 is 1.27 bits per heavy atom. The molecular formula is C19H17N5O2. The summed E-state index contributed by atoms with van der Waals surface area (Å²) in [5, 5.41) is 23.0. The van der Waals surface area contributed by atoms with E-state index in [1.54, 1.807) is 22.9 Å². The molecule has 0 aliphatic rings. The number of carbonyl (C=O) groups is 1. The Morgan fingerprint density at radius 3 is 2.42 bits per heavy atom. The Hall–Kier alpha value is -3.66. The summed E-state index contributed by atoms with van der Waals surface area (Å²) in [5.41, 5.74) is 11.0. The van der Waals surface area contributed by atoms with Crippen LogP contribution < -0.4 is 5.73 Å². The van der Waals surface area contributed by atoms with E-state index in [1.165, 1.54) is 12.1 Å². The van der Waals surface area contributed by atoms with E-state index < -0.39 is 5.97 Å². The molecule has 1 aromatic carbocycles. The Balaban J connectivity index is 2.23. The van der Waals surface area contributed by atoms with E-state index in [0.717, 1.165) is 17.0 Å². The lowest BCUT2D eigenvalue weighted by molar-refractivity contribution is 0.0697. The van der Waals surface area contributed by atoms with E-state index in [4.69, 9.17) is 10.8 Å². The van der Waals surface area contributed by atoms with E-state index in [-0.39, 0.29) is 16.9 Å². The van der Waals surface area contributed by atoms with Gasteiger partial charge in [0.25, 0.3) is 0 Å². The van der Waals surface area contributed by atoms with Gasteiger partial charge in [-0.2, -0.15) is 10.4 Å². The number of benzene rings is 1. The first-order chi connectivity index (χ1) is 12.3. The minimum absolute atomic E-state index is 0.130. The highest BCUT2D eigenvalue weighted by atomic mass is 16.4. The van der Waals surface area contributed by atoms with E-state index in [2.05, 4.69) is 16.2 Å². The molecule has 0 aliphatic carbocycles. The standard InChI is InChI=1S/C19H17N5O2/c1-10-17(11(2)24(3)23-10)16-8-14(15(9-20)18(21)22-16)12-4-6-13(7-5-12)19(25)26/h4-8H,1-3H3,(H2,21,22)(H,25,26). The van der Waals surface area contributed by atoms with Gasteiger partial charge in [0.15, 0.2) is 0 Å². The molecule has 0 atom stereocenters. The number of aromatic carboxylic acids is 1. The van der Waals surface area contributed by atoms with Gasteiger partial charge in [-0.15, -0.1) is 0 Å². The topological polar surface area (TPSA) is 118 Å². The summed E-state index contributed by atoms with van der Waals surface area (Å²) >= 11 is 0. The fourth-order valence-electron chi connectivity index (χ4n) is 2.97. The van der Waals surface area contributed by atoms with Gasteiger partial charge in [-0.1, -0.05) is 12.1 Å². The van der Waals surface area contributed by atoms with Gasteiger partial charge in [0.1, 0.15) is 17.5 Å². The molecule has 0 spiro atoms. The number of anilines is 1. The third-order valence-corrected chi connectivity index (χ3v) is 4.37. The smallest absolute Gasteiger partial charge is 0.335 e. The van der Waals surface area contributed by atoms with Crippen molar-refractivity contribution in [3.63, 3.8) is 0 Å². The molecule has 3 rings (SSSR count). The molecule has 130 valence electrons. The van der Waals surface area contributed by atoms with E-state index in [0.29, 0.717) is 16.8 Å². The van der Waals surface area contributed by atoms with Crippen LogP contribution in [0.5, 0.6) is 0 Å².